The molecule has 15 heavy (non-hydrogen) atoms. The molecule has 1 unspecified atom stereocenters. The Bertz CT molecular complexity index is 189. The molecule has 3 heteroatoms. The summed E-state index contributed by atoms with van der Waals surface area (Å²) in [5.74, 6) is 0.819. The molecule has 1 saturated heterocycles. The van der Waals surface area contributed by atoms with Crippen LogP contribution >= 0.6 is 0 Å². The van der Waals surface area contributed by atoms with E-state index in [4.69, 9.17) is 5.73 Å². The summed E-state index contributed by atoms with van der Waals surface area (Å²) in [6.45, 7) is 8.89. The van der Waals surface area contributed by atoms with Crippen molar-refractivity contribution in [3.05, 3.63) is 0 Å². The number of nitrogens with two attached hydrogens (primary N) is 1. The smallest absolute Gasteiger partial charge is 0.0275 e. The van der Waals surface area contributed by atoms with E-state index in [1.165, 1.54) is 32.5 Å². The normalized spacial score (nSPS) is 24.8. The summed E-state index contributed by atoms with van der Waals surface area (Å²) in [6.07, 6.45) is 2.69. The van der Waals surface area contributed by atoms with Crippen LogP contribution in [0.15, 0.2) is 0 Å². The third kappa shape index (κ3) is 3.74. The van der Waals surface area contributed by atoms with E-state index < -0.39 is 0 Å². The van der Waals surface area contributed by atoms with E-state index in [0.717, 1.165) is 12.5 Å². The molecule has 0 amide bonds. The molecule has 1 aliphatic rings. The van der Waals surface area contributed by atoms with Gasteiger partial charge in [0.2, 0.25) is 0 Å². The number of hydrogen-bond donors (Lipinski definition) is 1. The first kappa shape index (κ1) is 12.9. The summed E-state index contributed by atoms with van der Waals surface area (Å²) in [7, 11) is 4.32. The summed E-state index contributed by atoms with van der Waals surface area (Å²) >= 11 is 0. The molecule has 3 nitrogen and oxygen atoms in total. The van der Waals surface area contributed by atoms with Gasteiger partial charge >= 0.3 is 0 Å². The van der Waals surface area contributed by atoms with Gasteiger partial charge in [-0.1, -0.05) is 0 Å². The first-order valence-corrected chi connectivity index (χ1v) is 6.05. The van der Waals surface area contributed by atoms with E-state index in [0.29, 0.717) is 0 Å². The van der Waals surface area contributed by atoms with Crippen molar-refractivity contribution in [2.24, 2.45) is 11.7 Å². The lowest BCUT2D eigenvalue weighted by atomic mass is 9.92. The predicted octanol–water partition coefficient (Wildman–Crippen LogP) is 0.997. The maximum absolute atomic E-state index is 5.83. The quantitative estimate of drug-likeness (QED) is 0.756. The Kier molecular flexibility index (Phi) is 4.56. The second kappa shape index (κ2) is 5.28. The van der Waals surface area contributed by atoms with Gasteiger partial charge in [0.25, 0.3) is 0 Å². The molecule has 0 spiro atoms. The minimum absolute atomic E-state index is 0.172. The summed E-state index contributed by atoms with van der Waals surface area (Å²) in [4.78, 5) is 4.86. The van der Waals surface area contributed by atoms with Gasteiger partial charge in [0.15, 0.2) is 0 Å². The van der Waals surface area contributed by atoms with Gasteiger partial charge in [0.1, 0.15) is 0 Å². The molecule has 1 heterocycles. The maximum atomic E-state index is 5.83. The van der Waals surface area contributed by atoms with Gasteiger partial charge in [-0.3, -0.25) is 4.90 Å². The molecule has 0 radical (unpaired) electrons. The highest BCUT2D eigenvalue weighted by Gasteiger charge is 2.30. The zero-order chi connectivity index (χ0) is 11.5. The standard InChI is InChI=1S/C12H27N3/c1-12(2,10-13)15-7-5-6-11(9-15)8-14(3)4/h11H,5-10,13H2,1-4H3. The minimum atomic E-state index is 0.172. The highest BCUT2D eigenvalue weighted by Crippen LogP contribution is 2.23. The highest BCUT2D eigenvalue weighted by atomic mass is 15.2. The summed E-state index contributed by atoms with van der Waals surface area (Å²) in [5, 5.41) is 0. The van der Waals surface area contributed by atoms with Crippen molar-refractivity contribution in [3.8, 4) is 0 Å². The van der Waals surface area contributed by atoms with E-state index in [9.17, 15) is 0 Å². The average Bonchev–Trinajstić information content (AvgIpc) is 2.17. The number of likely N-dealkylation sites (tertiary alicyclic amines) is 1. The number of hydrogen-bond acceptors (Lipinski definition) is 3. The number of piperidine rings is 1. The van der Waals surface area contributed by atoms with Crippen LogP contribution < -0.4 is 5.73 Å². The molecule has 1 rings (SSSR count). The first-order valence-electron chi connectivity index (χ1n) is 6.05. The lowest BCUT2D eigenvalue weighted by Crippen LogP contribution is -2.54. The Labute approximate surface area is 94.6 Å². The van der Waals surface area contributed by atoms with Crippen molar-refractivity contribution >= 4 is 0 Å². The highest BCUT2D eigenvalue weighted by molar-refractivity contribution is 4.87. The Morgan fingerprint density at radius 2 is 2.07 bits per heavy atom. The van der Waals surface area contributed by atoms with Crippen LogP contribution in [-0.2, 0) is 0 Å². The van der Waals surface area contributed by atoms with E-state index in [-0.39, 0.29) is 5.54 Å². The molecule has 1 fully saturated rings. The van der Waals surface area contributed by atoms with Crippen molar-refractivity contribution < 1.29 is 0 Å². The van der Waals surface area contributed by atoms with Gasteiger partial charge in [0.05, 0.1) is 0 Å². The van der Waals surface area contributed by atoms with Crippen LogP contribution in [0.2, 0.25) is 0 Å². The lowest BCUT2D eigenvalue weighted by molar-refractivity contribution is 0.0637. The summed E-state index contributed by atoms with van der Waals surface area (Å²) in [6, 6.07) is 0. The minimum Gasteiger partial charge on any atom is -0.329 e. The average molecular weight is 213 g/mol. The van der Waals surface area contributed by atoms with Crippen LogP contribution in [0.3, 0.4) is 0 Å². The van der Waals surface area contributed by atoms with Crippen LogP contribution in [-0.4, -0.2) is 55.6 Å². The molecule has 1 aliphatic heterocycles. The third-order valence-electron chi connectivity index (χ3n) is 3.50. The van der Waals surface area contributed by atoms with Crippen molar-refractivity contribution in [2.45, 2.75) is 32.2 Å². The van der Waals surface area contributed by atoms with E-state index >= 15 is 0 Å². The zero-order valence-electron chi connectivity index (χ0n) is 10.8. The summed E-state index contributed by atoms with van der Waals surface area (Å²) in [5.41, 5.74) is 6.00. The molecular weight excluding hydrogens is 186 g/mol. The van der Waals surface area contributed by atoms with Gasteiger partial charge < -0.3 is 10.6 Å². The van der Waals surface area contributed by atoms with Crippen LogP contribution in [0.25, 0.3) is 0 Å². The zero-order valence-corrected chi connectivity index (χ0v) is 10.8. The lowest BCUT2D eigenvalue weighted by Gasteiger charge is -2.43. The predicted molar refractivity (Wildman–Crippen MR) is 66.0 cm³/mol. The van der Waals surface area contributed by atoms with E-state index in [1.54, 1.807) is 0 Å². The summed E-state index contributed by atoms with van der Waals surface area (Å²) < 4.78 is 0. The number of rotatable bonds is 4. The SMILES string of the molecule is CN(C)CC1CCCN(C(C)(C)CN)C1. The topological polar surface area (TPSA) is 32.5 Å². The van der Waals surface area contributed by atoms with Crippen LogP contribution in [0, 0.1) is 5.92 Å². The van der Waals surface area contributed by atoms with Gasteiger partial charge in [0, 0.05) is 25.2 Å². The molecule has 1 atom stereocenters. The van der Waals surface area contributed by atoms with Crippen LogP contribution in [0.4, 0.5) is 0 Å². The molecule has 0 aromatic heterocycles. The largest absolute Gasteiger partial charge is 0.329 e. The fourth-order valence-electron chi connectivity index (χ4n) is 2.41. The molecule has 0 aromatic carbocycles. The van der Waals surface area contributed by atoms with Crippen molar-refractivity contribution in [2.75, 3.05) is 40.3 Å². The van der Waals surface area contributed by atoms with Gasteiger partial charge in [-0.05, 0) is 53.2 Å². The number of nitrogens with zero attached hydrogens (tertiary/aromatic N) is 2. The molecule has 0 aliphatic carbocycles. The Morgan fingerprint density at radius 3 is 2.60 bits per heavy atom. The van der Waals surface area contributed by atoms with Gasteiger partial charge in [-0.25, -0.2) is 0 Å². The molecule has 0 saturated carbocycles. The Balaban J connectivity index is 2.48. The van der Waals surface area contributed by atoms with Crippen LogP contribution in [0.1, 0.15) is 26.7 Å². The van der Waals surface area contributed by atoms with Gasteiger partial charge in [-0.2, -0.15) is 0 Å². The maximum Gasteiger partial charge on any atom is 0.0275 e. The monoisotopic (exact) mass is 213 g/mol. The molecule has 0 aromatic rings. The Hall–Kier alpha value is -0.120. The van der Waals surface area contributed by atoms with Crippen molar-refractivity contribution in [3.63, 3.8) is 0 Å². The molecular formula is C12H27N3. The van der Waals surface area contributed by atoms with Gasteiger partial charge in [-0.15, -0.1) is 0 Å². The molecule has 90 valence electrons. The fraction of sp³-hybridized carbons (Fsp3) is 1.00. The molecule has 0 bridgehead atoms. The molecule has 2 N–H and O–H groups in total. The second-order valence-corrected chi connectivity index (χ2v) is 5.73. The van der Waals surface area contributed by atoms with E-state index in [2.05, 4.69) is 37.7 Å². The fourth-order valence-corrected chi connectivity index (χ4v) is 2.41. The Morgan fingerprint density at radius 1 is 1.40 bits per heavy atom. The second-order valence-electron chi connectivity index (χ2n) is 5.73. The van der Waals surface area contributed by atoms with Crippen LogP contribution in [0.5, 0.6) is 0 Å². The third-order valence-corrected chi connectivity index (χ3v) is 3.50. The van der Waals surface area contributed by atoms with Crippen molar-refractivity contribution in [1.82, 2.24) is 9.80 Å². The van der Waals surface area contributed by atoms with E-state index in [1.807, 2.05) is 0 Å². The van der Waals surface area contributed by atoms with Crippen molar-refractivity contribution in [1.29, 1.82) is 0 Å². The first-order chi connectivity index (χ1) is 6.95.